The Morgan fingerprint density at radius 2 is 2.08 bits per heavy atom. The molecule has 0 bridgehead atoms. The number of carbonyl (C=O) groups excluding carboxylic acids is 2. The molecule has 136 valence electrons. The highest BCUT2D eigenvalue weighted by Gasteiger charge is 2.35. The molecule has 2 unspecified atom stereocenters. The van der Waals surface area contributed by atoms with Crippen molar-refractivity contribution >= 4 is 23.4 Å². The van der Waals surface area contributed by atoms with Crippen LogP contribution in [0.2, 0.25) is 5.02 Å². The van der Waals surface area contributed by atoms with Gasteiger partial charge in [-0.25, -0.2) is 0 Å². The summed E-state index contributed by atoms with van der Waals surface area (Å²) in [5, 5.41) is 4.06. The summed E-state index contributed by atoms with van der Waals surface area (Å²) < 4.78 is 0. The van der Waals surface area contributed by atoms with Crippen LogP contribution in [0.5, 0.6) is 0 Å². The van der Waals surface area contributed by atoms with Crippen LogP contribution in [0.3, 0.4) is 0 Å². The second-order valence-corrected chi connectivity index (χ2v) is 7.21. The molecule has 25 heavy (non-hydrogen) atoms. The molecular formula is C19H26ClN3O2. The Balaban J connectivity index is 1.77. The van der Waals surface area contributed by atoms with E-state index in [1.54, 1.807) is 0 Å². The molecule has 0 aromatic heterocycles. The molecule has 1 aromatic rings. The lowest BCUT2D eigenvalue weighted by Crippen LogP contribution is -2.53. The monoisotopic (exact) mass is 363 g/mol. The molecule has 3 rings (SSSR count). The average Bonchev–Trinajstić information content (AvgIpc) is 2.67. The van der Waals surface area contributed by atoms with E-state index in [1.807, 2.05) is 41.0 Å². The summed E-state index contributed by atoms with van der Waals surface area (Å²) in [6.45, 7) is 5.36. The SMILES string of the molecule is CCC(=O)N1CCCC(C(=O)N2CCNCC2c2ccccc2Cl)C1. The number of halogens is 1. The Labute approximate surface area is 154 Å². The highest BCUT2D eigenvalue weighted by Crippen LogP contribution is 2.31. The van der Waals surface area contributed by atoms with Gasteiger partial charge in [-0.15, -0.1) is 0 Å². The predicted octanol–water partition coefficient (Wildman–Crippen LogP) is 2.46. The zero-order valence-corrected chi connectivity index (χ0v) is 15.5. The fourth-order valence-electron chi connectivity index (χ4n) is 3.85. The molecule has 1 aromatic carbocycles. The minimum Gasteiger partial charge on any atom is -0.342 e. The number of likely N-dealkylation sites (tertiary alicyclic amines) is 1. The smallest absolute Gasteiger partial charge is 0.228 e. The third-order valence-electron chi connectivity index (χ3n) is 5.22. The van der Waals surface area contributed by atoms with Crippen LogP contribution in [-0.4, -0.2) is 54.3 Å². The fraction of sp³-hybridized carbons (Fsp3) is 0.579. The minimum atomic E-state index is -0.104. The van der Waals surface area contributed by atoms with Crippen LogP contribution in [0.4, 0.5) is 0 Å². The predicted molar refractivity (Wildman–Crippen MR) is 98.4 cm³/mol. The lowest BCUT2D eigenvalue weighted by molar-refractivity contribution is -0.143. The first-order valence-electron chi connectivity index (χ1n) is 9.15. The number of hydrogen-bond acceptors (Lipinski definition) is 3. The van der Waals surface area contributed by atoms with Gasteiger partial charge in [-0.1, -0.05) is 36.7 Å². The maximum Gasteiger partial charge on any atom is 0.228 e. The number of piperidine rings is 1. The molecule has 1 N–H and O–H groups in total. The Hall–Kier alpha value is -1.59. The summed E-state index contributed by atoms with van der Waals surface area (Å²) in [5.41, 5.74) is 0.988. The Morgan fingerprint density at radius 3 is 2.84 bits per heavy atom. The second-order valence-electron chi connectivity index (χ2n) is 6.81. The first-order chi connectivity index (χ1) is 12.1. The summed E-state index contributed by atoms with van der Waals surface area (Å²) in [6.07, 6.45) is 2.24. The van der Waals surface area contributed by atoms with E-state index < -0.39 is 0 Å². The maximum atomic E-state index is 13.2. The highest BCUT2D eigenvalue weighted by atomic mass is 35.5. The topological polar surface area (TPSA) is 52.7 Å². The Morgan fingerprint density at radius 1 is 1.28 bits per heavy atom. The van der Waals surface area contributed by atoms with E-state index in [0.717, 1.165) is 31.5 Å². The number of nitrogens with one attached hydrogen (secondary N) is 1. The van der Waals surface area contributed by atoms with Crippen molar-refractivity contribution < 1.29 is 9.59 Å². The van der Waals surface area contributed by atoms with Crippen LogP contribution in [0.25, 0.3) is 0 Å². The molecule has 0 aliphatic carbocycles. The number of hydrogen-bond donors (Lipinski definition) is 1. The summed E-state index contributed by atoms with van der Waals surface area (Å²) in [7, 11) is 0. The van der Waals surface area contributed by atoms with Gasteiger partial charge in [-0.3, -0.25) is 9.59 Å². The van der Waals surface area contributed by atoms with Crippen molar-refractivity contribution in [3.63, 3.8) is 0 Å². The largest absolute Gasteiger partial charge is 0.342 e. The molecule has 5 nitrogen and oxygen atoms in total. The van der Waals surface area contributed by atoms with Gasteiger partial charge in [0.2, 0.25) is 11.8 Å². The van der Waals surface area contributed by atoms with Crippen molar-refractivity contribution in [1.29, 1.82) is 0 Å². The summed E-state index contributed by atoms with van der Waals surface area (Å²) in [5.74, 6) is 0.188. The van der Waals surface area contributed by atoms with Crippen LogP contribution in [0, 0.1) is 5.92 Å². The molecule has 0 spiro atoms. The number of nitrogens with zero attached hydrogens (tertiary/aromatic N) is 2. The number of rotatable bonds is 3. The minimum absolute atomic E-state index is 0.0489. The maximum absolute atomic E-state index is 13.2. The molecule has 0 saturated carbocycles. The van der Waals surface area contributed by atoms with Crippen molar-refractivity contribution in [2.45, 2.75) is 32.2 Å². The van der Waals surface area contributed by atoms with Crippen LogP contribution in [-0.2, 0) is 9.59 Å². The van der Waals surface area contributed by atoms with Gasteiger partial charge in [0.25, 0.3) is 0 Å². The van der Waals surface area contributed by atoms with Crippen LogP contribution in [0.15, 0.2) is 24.3 Å². The fourth-order valence-corrected chi connectivity index (χ4v) is 4.12. The zero-order chi connectivity index (χ0) is 17.8. The third-order valence-corrected chi connectivity index (χ3v) is 5.56. The number of piperazine rings is 1. The van der Waals surface area contributed by atoms with E-state index in [-0.39, 0.29) is 23.8 Å². The molecule has 2 aliphatic heterocycles. The summed E-state index contributed by atoms with van der Waals surface area (Å²) >= 11 is 6.38. The van der Waals surface area contributed by atoms with Gasteiger partial charge in [-0.05, 0) is 24.5 Å². The van der Waals surface area contributed by atoms with Crippen molar-refractivity contribution in [2.75, 3.05) is 32.7 Å². The molecule has 6 heteroatoms. The summed E-state index contributed by atoms with van der Waals surface area (Å²) in [6, 6.07) is 7.68. The average molecular weight is 364 g/mol. The van der Waals surface area contributed by atoms with E-state index in [9.17, 15) is 9.59 Å². The van der Waals surface area contributed by atoms with E-state index in [4.69, 9.17) is 11.6 Å². The lowest BCUT2D eigenvalue weighted by atomic mass is 9.94. The van der Waals surface area contributed by atoms with Crippen molar-refractivity contribution in [1.82, 2.24) is 15.1 Å². The first-order valence-corrected chi connectivity index (χ1v) is 9.53. The van der Waals surface area contributed by atoms with Crippen molar-refractivity contribution in [2.24, 2.45) is 5.92 Å². The number of benzene rings is 1. The van der Waals surface area contributed by atoms with E-state index in [2.05, 4.69) is 5.32 Å². The van der Waals surface area contributed by atoms with Gasteiger partial charge < -0.3 is 15.1 Å². The molecule has 2 amide bonds. The van der Waals surface area contributed by atoms with Crippen molar-refractivity contribution in [3.05, 3.63) is 34.9 Å². The van der Waals surface area contributed by atoms with Crippen LogP contribution in [0.1, 0.15) is 37.8 Å². The Kier molecular flexibility index (Phi) is 5.97. The molecule has 2 heterocycles. The van der Waals surface area contributed by atoms with E-state index in [1.165, 1.54) is 0 Å². The molecule has 2 fully saturated rings. The van der Waals surface area contributed by atoms with Gasteiger partial charge in [0, 0.05) is 44.2 Å². The lowest BCUT2D eigenvalue weighted by Gasteiger charge is -2.41. The highest BCUT2D eigenvalue weighted by molar-refractivity contribution is 6.31. The third kappa shape index (κ3) is 3.98. The molecule has 0 radical (unpaired) electrons. The zero-order valence-electron chi connectivity index (χ0n) is 14.7. The summed E-state index contributed by atoms with van der Waals surface area (Å²) in [4.78, 5) is 29.0. The van der Waals surface area contributed by atoms with Gasteiger partial charge in [0.15, 0.2) is 0 Å². The molecule has 2 aliphatic rings. The quantitative estimate of drug-likeness (QED) is 0.897. The molecular weight excluding hydrogens is 338 g/mol. The number of amides is 2. The van der Waals surface area contributed by atoms with Gasteiger partial charge in [0.1, 0.15) is 0 Å². The first kappa shape index (κ1) is 18.2. The Bertz CT molecular complexity index is 637. The second kappa shape index (κ2) is 8.19. The van der Waals surface area contributed by atoms with E-state index in [0.29, 0.717) is 31.1 Å². The van der Waals surface area contributed by atoms with E-state index >= 15 is 0 Å². The van der Waals surface area contributed by atoms with Crippen LogP contribution >= 0.6 is 11.6 Å². The standard InChI is InChI=1S/C19H26ClN3O2/c1-2-18(24)22-10-5-6-14(13-22)19(25)23-11-9-21-12-17(23)15-7-3-4-8-16(15)20/h3-4,7-8,14,17,21H,2,5-6,9-13H2,1H3. The van der Waals surface area contributed by atoms with Crippen LogP contribution < -0.4 is 5.32 Å². The molecule has 2 atom stereocenters. The molecule has 2 saturated heterocycles. The number of carbonyl (C=O) groups is 2. The van der Waals surface area contributed by atoms with Gasteiger partial charge in [0.05, 0.1) is 12.0 Å². The normalized spacial score (nSPS) is 24.2. The van der Waals surface area contributed by atoms with Crippen molar-refractivity contribution in [3.8, 4) is 0 Å². The van der Waals surface area contributed by atoms with Gasteiger partial charge in [-0.2, -0.15) is 0 Å². The van der Waals surface area contributed by atoms with Gasteiger partial charge >= 0.3 is 0 Å².